The van der Waals surface area contributed by atoms with E-state index in [9.17, 15) is 9.59 Å². The van der Waals surface area contributed by atoms with Crippen LogP contribution in [0.3, 0.4) is 0 Å². The lowest BCUT2D eigenvalue weighted by molar-refractivity contribution is -0.151. The van der Waals surface area contributed by atoms with Gasteiger partial charge in [-0.1, -0.05) is 61.1 Å². The third kappa shape index (κ3) is 5.85. The van der Waals surface area contributed by atoms with Crippen LogP contribution in [0.4, 0.5) is 0 Å². The van der Waals surface area contributed by atoms with Crippen LogP contribution in [0, 0.1) is 0 Å². The summed E-state index contributed by atoms with van der Waals surface area (Å²) in [5.74, 6) is 0.0702. The number of hydrogen-bond donors (Lipinski definition) is 1. The molecule has 0 spiro atoms. The van der Waals surface area contributed by atoms with Crippen LogP contribution >= 0.6 is 24.0 Å². The van der Waals surface area contributed by atoms with Crippen LogP contribution < -0.4 is 10.1 Å². The van der Waals surface area contributed by atoms with Gasteiger partial charge in [-0.15, -0.1) is 0 Å². The molecule has 26 heavy (non-hydrogen) atoms. The quantitative estimate of drug-likeness (QED) is 0.389. The number of benzene rings is 1. The molecule has 0 aromatic heterocycles. The fraction of sp³-hybridized carbons (Fsp3) is 0.421. The van der Waals surface area contributed by atoms with Gasteiger partial charge in [0.2, 0.25) is 0 Å². The van der Waals surface area contributed by atoms with Gasteiger partial charge in [-0.2, -0.15) is 0 Å². The second-order valence-corrected chi connectivity index (χ2v) is 7.42. The number of thiocarbonyl (C=S) groups is 1. The Balaban J connectivity index is 2.13. The Kier molecular flexibility index (Phi) is 8.12. The van der Waals surface area contributed by atoms with Gasteiger partial charge in [-0.05, 0) is 38.3 Å². The van der Waals surface area contributed by atoms with E-state index in [0.717, 1.165) is 18.4 Å². The van der Waals surface area contributed by atoms with E-state index in [-0.39, 0.29) is 5.91 Å². The predicted molar refractivity (Wildman–Crippen MR) is 107 cm³/mol. The molecule has 7 heteroatoms. The van der Waals surface area contributed by atoms with Crippen molar-refractivity contribution in [3.05, 3.63) is 40.8 Å². The Bertz CT molecular complexity index is 688. The fourth-order valence-corrected chi connectivity index (χ4v) is 3.79. The molecule has 0 radical (unpaired) electrons. The normalized spacial score (nSPS) is 16.8. The maximum atomic E-state index is 12.3. The van der Waals surface area contributed by atoms with E-state index in [2.05, 4.69) is 12.2 Å². The molecule has 1 aromatic rings. The highest BCUT2D eigenvalue weighted by Gasteiger charge is 2.27. The number of amides is 1. The second kappa shape index (κ2) is 10.3. The molecular weight excluding hydrogens is 370 g/mol. The molecule has 1 heterocycles. The van der Waals surface area contributed by atoms with Gasteiger partial charge in [0.25, 0.3) is 5.91 Å². The smallest absolute Gasteiger partial charge is 0.347 e. The van der Waals surface area contributed by atoms with Gasteiger partial charge in [-0.25, -0.2) is 4.79 Å². The summed E-state index contributed by atoms with van der Waals surface area (Å²) in [7, 11) is 0. The molecule has 1 N–H and O–H groups in total. The number of hydrogen-bond acceptors (Lipinski definition) is 6. The van der Waals surface area contributed by atoms with Crippen molar-refractivity contribution < 1.29 is 19.1 Å². The minimum atomic E-state index is -0.716. The number of allylic oxidation sites excluding steroid dienone is 1. The summed E-state index contributed by atoms with van der Waals surface area (Å²) in [6, 6.07) is 9.19. The Morgan fingerprint density at radius 2 is 1.96 bits per heavy atom. The Labute approximate surface area is 163 Å². The van der Waals surface area contributed by atoms with E-state index < -0.39 is 12.1 Å². The van der Waals surface area contributed by atoms with E-state index in [1.807, 2.05) is 18.2 Å². The largest absolute Gasteiger partial charge is 0.479 e. The van der Waals surface area contributed by atoms with E-state index in [1.165, 1.54) is 11.8 Å². The fourth-order valence-electron chi connectivity index (χ4n) is 2.63. The Hall–Kier alpha value is -1.86. The van der Waals surface area contributed by atoms with Gasteiger partial charge in [0.15, 0.2) is 6.10 Å². The van der Waals surface area contributed by atoms with Crippen LogP contribution in [0.5, 0.6) is 5.75 Å². The number of rotatable bonds is 9. The van der Waals surface area contributed by atoms with Crippen molar-refractivity contribution in [1.29, 1.82) is 0 Å². The number of para-hydroxylation sites is 1. The van der Waals surface area contributed by atoms with Gasteiger partial charge in [0.05, 0.1) is 11.5 Å². The molecule has 1 amide bonds. The monoisotopic (exact) mass is 393 g/mol. The van der Waals surface area contributed by atoms with Gasteiger partial charge in [0.1, 0.15) is 10.1 Å². The van der Waals surface area contributed by atoms with Crippen molar-refractivity contribution in [3.63, 3.8) is 0 Å². The minimum absolute atomic E-state index is 0.153. The first-order valence-electron chi connectivity index (χ1n) is 8.68. The van der Waals surface area contributed by atoms with Gasteiger partial charge >= 0.3 is 5.97 Å². The summed E-state index contributed by atoms with van der Waals surface area (Å²) in [5, 5.41) is 2.65. The first-order chi connectivity index (χ1) is 12.5. The number of carbonyl (C=O) groups is 2. The van der Waals surface area contributed by atoms with E-state index >= 15 is 0 Å². The lowest BCUT2D eigenvalue weighted by Crippen LogP contribution is -2.29. The zero-order valence-electron chi connectivity index (χ0n) is 14.9. The molecule has 1 aliphatic heterocycles. The third-order valence-corrected chi connectivity index (χ3v) is 5.09. The van der Waals surface area contributed by atoms with Crippen molar-refractivity contribution in [2.24, 2.45) is 0 Å². The lowest BCUT2D eigenvalue weighted by Gasteiger charge is -2.19. The molecule has 0 saturated carbocycles. The highest BCUT2D eigenvalue weighted by molar-refractivity contribution is 8.26. The SMILES string of the molecule is CCCC(CCC(Oc1ccccc1)C(=O)OCC)=C1SC(=S)NC1=O. The van der Waals surface area contributed by atoms with Crippen molar-refractivity contribution in [2.45, 2.75) is 45.6 Å². The molecule has 1 unspecified atom stereocenters. The van der Waals surface area contributed by atoms with Crippen molar-refractivity contribution in [1.82, 2.24) is 5.32 Å². The number of thioether (sulfide) groups is 1. The summed E-state index contributed by atoms with van der Waals surface area (Å²) in [6.45, 7) is 4.12. The molecule has 140 valence electrons. The van der Waals surface area contributed by atoms with Crippen LogP contribution in [0.15, 0.2) is 40.8 Å². The highest BCUT2D eigenvalue weighted by atomic mass is 32.2. The summed E-state index contributed by atoms with van der Waals surface area (Å²) in [4.78, 5) is 25.0. The Morgan fingerprint density at radius 3 is 2.54 bits per heavy atom. The summed E-state index contributed by atoms with van der Waals surface area (Å²) < 4.78 is 11.5. The van der Waals surface area contributed by atoms with Crippen LogP contribution in [-0.4, -0.2) is 28.9 Å². The number of carbonyl (C=O) groups excluding carboxylic acids is 2. The summed E-state index contributed by atoms with van der Waals surface area (Å²) in [5.41, 5.74) is 1.00. The number of nitrogens with one attached hydrogen (secondary N) is 1. The topological polar surface area (TPSA) is 64.6 Å². The van der Waals surface area contributed by atoms with E-state index in [1.54, 1.807) is 19.1 Å². The standard InChI is InChI=1S/C19H23NO4S2/c1-3-8-13(16-17(21)20-19(25)26-16)11-12-15(18(22)23-4-2)24-14-9-6-5-7-10-14/h5-7,9-10,15H,3-4,8,11-12H2,1-2H3,(H,20,21,25). The van der Waals surface area contributed by atoms with Crippen LogP contribution in [0.2, 0.25) is 0 Å². The molecule has 0 bridgehead atoms. The predicted octanol–water partition coefficient (Wildman–Crippen LogP) is 3.98. The molecule has 2 rings (SSSR count). The first kappa shape index (κ1) is 20.5. The molecule has 1 aliphatic rings. The second-order valence-electron chi connectivity index (χ2n) is 5.74. The molecule has 1 fully saturated rings. The average molecular weight is 394 g/mol. The molecule has 1 aromatic carbocycles. The zero-order chi connectivity index (χ0) is 18.9. The number of esters is 1. The maximum Gasteiger partial charge on any atom is 0.347 e. The van der Waals surface area contributed by atoms with Crippen LogP contribution in [0.25, 0.3) is 0 Å². The van der Waals surface area contributed by atoms with Gasteiger partial charge in [-0.3, -0.25) is 4.79 Å². The van der Waals surface area contributed by atoms with Gasteiger partial charge < -0.3 is 14.8 Å². The molecule has 1 saturated heterocycles. The van der Waals surface area contributed by atoms with Crippen LogP contribution in [-0.2, 0) is 14.3 Å². The minimum Gasteiger partial charge on any atom is -0.479 e. The zero-order valence-corrected chi connectivity index (χ0v) is 16.6. The van der Waals surface area contributed by atoms with Crippen LogP contribution in [0.1, 0.15) is 39.5 Å². The first-order valence-corrected chi connectivity index (χ1v) is 9.91. The summed E-state index contributed by atoms with van der Waals surface area (Å²) in [6.07, 6.45) is 1.98. The Morgan fingerprint density at radius 1 is 1.23 bits per heavy atom. The molecular formula is C19H23NO4S2. The average Bonchev–Trinajstić information content (AvgIpc) is 2.96. The lowest BCUT2D eigenvalue weighted by atomic mass is 10.0. The van der Waals surface area contributed by atoms with Crippen molar-refractivity contribution in [3.8, 4) is 5.75 Å². The van der Waals surface area contributed by atoms with E-state index in [4.69, 9.17) is 21.7 Å². The maximum absolute atomic E-state index is 12.3. The molecule has 0 aliphatic carbocycles. The molecule has 1 atom stereocenters. The van der Waals surface area contributed by atoms with Crippen molar-refractivity contribution >= 4 is 40.2 Å². The van der Waals surface area contributed by atoms with Crippen molar-refractivity contribution in [2.75, 3.05) is 6.61 Å². The van der Waals surface area contributed by atoms with Gasteiger partial charge in [0, 0.05) is 0 Å². The number of ether oxygens (including phenoxy) is 2. The van der Waals surface area contributed by atoms with E-state index in [0.29, 0.717) is 34.4 Å². The summed E-state index contributed by atoms with van der Waals surface area (Å²) >= 11 is 6.36. The molecule has 5 nitrogen and oxygen atoms in total. The highest BCUT2D eigenvalue weighted by Crippen LogP contribution is 2.32. The third-order valence-electron chi connectivity index (χ3n) is 3.77.